The highest BCUT2D eigenvalue weighted by atomic mass is 16.5. The number of ketones is 1. The van der Waals surface area contributed by atoms with Gasteiger partial charge >= 0.3 is 0 Å². The molecule has 2 heterocycles. The number of aromatic nitrogens is 1. The number of ether oxygens (including phenoxy) is 1. The normalized spacial score (nSPS) is 10.7. The third-order valence-electron chi connectivity index (χ3n) is 4.68. The summed E-state index contributed by atoms with van der Waals surface area (Å²) in [4.78, 5) is 29.2. The van der Waals surface area contributed by atoms with Crippen molar-refractivity contribution in [3.63, 3.8) is 0 Å². The van der Waals surface area contributed by atoms with E-state index in [-0.39, 0.29) is 17.5 Å². The average Bonchev–Trinajstić information content (AvgIpc) is 3.10. The van der Waals surface area contributed by atoms with Crippen LogP contribution in [0.4, 0.5) is 5.69 Å². The number of methoxy groups -OCH3 is 1. The second-order valence-corrected chi connectivity index (χ2v) is 6.52. The molecule has 0 saturated carbocycles. The molecule has 1 N–H and O–H groups in total. The van der Waals surface area contributed by atoms with Crippen LogP contribution in [-0.2, 0) is 0 Å². The molecule has 29 heavy (non-hydrogen) atoms. The Morgan fingerprint density at radius 3 is 2.52 bits per heavy atom. The van der Waals surface area contributed by atoms with Crippen molar-refractivity contribution in [3.8, 4) is 5.75 Å². The smallest absolute Gasteiger partial charge is 0.257 e. The van der Waals surface area contributed by atoms with Crippen molar-refractivity contribution in [2.45, 2.75) is 6.92 Å². The Bertz CT molecular complexity index is 1200. The summed E-state index contributed by atoms with van der Waals surface area (Å²) >= 11 is 0. The van der Waals surface area contributed by atoms with Crippen molar-refractivity contribution in [2.24, 2.45) is 0 Å². The van der Waals surface area contributed by atoms with Crippen molar-refractivity contribution in [1.82, 2.24) is 4.98 Å². The second-order valence-electron chi connectivity index (χ2n) is 6.52. The van der Waals surface area contributed by atoms with Crippen molar-refractivity contribution in [2.75, 3.05) is 12.4 Å². The Labute approximate surface area is 167 Å². The summed E-state index contributed by atoms with van der Waals surface area (Å²) in [6.07, 6.45) is 3.11. The van der Waals surface area contributed by atoms with Crippen molar-refractivity contribution >= 4 is 28.3 Å². The van der Waals surface area contributed by atoms with Gasteiger partial charge in [-0.3, -0.25) is 14.6 Å². The number of fused-ring (bicyclic) bond motifs is 1. The van der Waals surface area contributed by atoms with Crippen LogP contribution in [0.5, 0.6) is 5.75 Å². The first-order valence-electron chi connectivity index (χ1n) is 9.00. The SMILES string of the molecule is COc1ccc(C(=O)c2oc3ccc(NC(=O)c4cccnc4)cc3c2C)cc1. The van der Waals surface area contributed by atoms with Crippen LogP contribution >= 0.6 is 0 Å². The molecule has 4 aromatic rings. The molecule has 0 fully saturated rings. The zero-order valence-corrected chi connectivity index (χ0v) is 15.9. The molecule has 0 atom stereocenters. The number of nitrogens with one attached hydrogen (secondary N) is 1. The number of furan rings is 1. The monoisotopic (exact) mass is 386 g/mol. The Morgan fingerprint density at radius 2 is 1.83 bits per heavy atom. The number of carbonyl (C=O) groups excluding carboxylic acids is 2. The number of amides is 1. The molecule has 0 aliphatic carbocycles. The molecular formula is C23H18N2O4. The van der Waals surface area contributed by atoms with Gasteiger partial charge in [-0.1, -0.05) is 0 Å². The molecule has 0 spiro atoms. The quantitative estimate of drug-likeness (QED) is 0.506. The zero-order valence-electron chi connectivity index (χ0n) is 15.9. The minimum Gasteiger partial charge on any atom is -0.497 e. The largest absolute Gasteiger partial charge is 0.497 e. The van der Waals surface area contributed by atoms with Crippen LogP contribution in [0, 0.1) is 6.92 Å². The van der Waals surface area contributed by atoms with E-state index >= 15 is 0 Å². The fourth-order valence-corrected chi connectivity index (χ4v) is 3.09. The first-order valence-corrected chi connectivity index (χ1v) is 9.00. The zero-order chi connectivity index (χ0) is 20.4. The van der Waals surface area contributed by atoms with Crippen molar-refractivity contribution in [3.05, 3.63) is 89.4 Å². The molecule has 2 aromatic carbocycles. The van der Waals surface area contributed by atoms with Crippen LogP contribution in [-0.4, -0.2) is 23.8 Å². The number of aryl methyl sites for hydroxylation is 1. The van der Waals surface area contributed by atoms with Crippen LogP contribution in [0.2, 0.25) is 0 Å². The Kier molecular flexibility index (Phi) is 4.83. The van der Waals surface area contributed by atoms with Crippen molar-refractivity contribution in [1.29, 1.82) is 0 Å². The molecule has 0 aliphatic rings. The fraction of sp³-hybridized carbons (Fsp3) is 0.0870. The molecule has 4 rings (SSSR count). The highest BCUT2D eigenvalue weighted by Crippen LogP contribution is 2.30. The predicted octanol–water partition coefficient (Wildman–Crippen LogP) is 4.63. The Hall–Kier alpha value is -3.93. The van der Waals surface area contributed by atoms with Gasteiger partial charge in [0.2, 0.25) is 5.78 Å². The van der Waals surface area contributed by atoms with Gasteiger partial charge in [-0.25, -0.2) is 0 Å². The number of benzene rings is 2. The van der Waals surface area contributed by atoms with Gasteiger partial charge in [0.25, 0.3) is 5.91 Å². The molecule has 0 radical (unpaired) electrons. The third kappa shape index (κ3) is 3.60. The van der Waals surface area contributed by atoms with Gasteiger partial charge < -0.3 is 14.5 Å². The van der Waals surface area contributed by atoms with Gasteiger partial charge in [-0.2, -0.15) is 0 Å². The predicted molar refractivity (Wildman–Crippen MR) is 110 cm³/mol. The maximum atomic E-state index is 12.9. The maximum Gasteiger partial charge on any atom is 0.257 e. The van der Waals surface area contributed by atoms with E-state index < -0.39 is 0 Å². The molecule has 2 aromatic heterocycles. The van der Waals surface area contributed by atoms with E-state index in [1.165, 1.54) is 6.20 Å². The highest BCUT2D eigenvalue weighted by molar-refractivity contribution is 6.11. The topological polar surface area (TPSA) is 81.4 Å². The van der Waals surface area contributed by atoms with Gasteiger partial charge in [0.05, 0.1) is 12.7 Å². The van der Waals surface area contributed by atoms with E-state index in [1.807, 2.05) is 6.92 Å². The van der Waals surface area contributed by atoms with E-state index in [9.17, 15) is 9.59 Å². The fourth-order valence-electron chi connectivity index (χ4n) is 3.09. The summed E-state index contributed by atoms with van der Waals surface area (Å²) in [5, 5.41) is 3.61. The minimum absolute atomic E-state index is 0.206. The summed E-state index contributed by atoms with van der Waals surface area (Å²) in [5.41, 5.74) is 2.89. The van der Waals surface area contributed by atoms with Crippen LogP contribution in [0.25, 0.3) is 11.0 Å². The standard InChI is InChI=1S/C23H18N2O4/c1-14-19-12-17(25-23(27)16-4-3-11-24-13-16)7-10-20(19)29-22(14)21(26)15-5-8-18(28-2)9-6-15/h3-13H,1-2H3,(H,25,27). The summed E-state index contributed by atoms with van der Waals surface area (Å²) in [5.74, 6) is 0.494. The van der Waals surface area contributed by atoms with E-state index in [0.717, 1.165) is 10.9 Å². The lowest BCUT2D eigenvalue weighted by Gasteiger charge is -2.05. The highest BCUT2D eigenvalue weighted by Gasteiger charge is 2.20. The Balaban J connectivity index is 1.63. The van der Waals surface area contributed by atoms with Crippen LogP contribution in [0.15, 0.2) is 71.4 Å². The first kappa shape index (κ1) is 18.4. The molecule has 0 unspecified atom stereocenters. The van der Waals surface area contributed by atoms with Crippen molar-refractivity contribution < 1.29 is 18.7 Å². The summed E-state index contributed by atoms with van der Waals surface area (Å²) < 4.78 is 10.9. The molecule has 1 amide bonds. The number of hydrogen-bond acceptors (Lipinski definition) is 5. The summed E-state index contributed by atoms with van der Waals surface area (Å²) in [6, 6.07) is 15.5. The second kappa shape index (κ2) is 7.59. The van der Waals surface area contributed by atoms with Gasteiger partial charge in [0.15, 0.2) is 5.76 Å². The number of rotatable bonds is 5. The maximum absolute atomic E-state index is 12.9. The first-order chi connectivity index (χ1) is 14.1. The lowest BCUT2D eigenvalue weighted by Crippen LogP contribution is -2.11. The third-order valence-corrected chi connectivity index (χ3v) is 4.68. The molecule has 0 aliphatic heterocycles. The van der Waals surface area contributed by atoms with Gasteiger partial charge in [-0.05, 0) is 61.5 Å². The molecule has 0 bridgehead atoms. The van der Waals surface area contributed by atoms with E-state index in [0.29, 0.717) is 28.1 Å². The number of carbonyl (C=O) groups is 2. The molecule has 6 nitrogen and oxygen atoms in total. The lowest BCUT2D eigenvalue weighted by atomic mass is 10.0. The number of anilines is 1. The molecule has 6 heteroatoms. The summed E-state index contributed by atoms with van der Waals surface area (Å²) in [7, 11) is 1.57. The number of pyridine rings is 1. The molecule has 0 saturated heterocycles. The van der Waals surface area contributed by atoms with Gasteiger partial charge in [0, 0.05) is 34.6 Å². The number of nitrogens with zero attached hydrogens (tertiary/aromatic N) is 1. The van der Waals surface area contributed by atoms with Crippen LogP contribution < -0.4 is 10.1 Å². The Morgan fingerprint density at radius 1 is 1.03 bits per heavy atom. The van der Waals surface area contributed by atoms with Gasteiger partial charge in [-0.15, -0.1) is 0 Å². The van der Waals surface area contributed by atoms with Crippen LogP contribution in [0.3, 0.4) is 0 Å². The van der Waals surface area contributed by atoms with Crippen LogP contribution in [0.1, 0.15) is 32.0 Å². The van der Waals surface area contributed by atoms with E-state index in [4.69, 9.17) is 9.15 Å². The summed E-state index contributed by atoms with van der Waals surface area (Å²) in [6.45, 7) is 1.83. The minimum atomic E-state index is -0.256. The number of hydrogen-bond donors (Lipinski definition) is 1. The van der Waals surface area contributed by atoms with Gasteiger partial charge in [0.1, 0.15) is 11.3 Å². The average molecular weight is 386 g/mol. The molecule has 144 valence electrons. The molecular weight excluding hydrogens is 368 g/mol. The van der Waals surface area contributed by atoms with E-state index in [1.54, 1.807) is 67.9 Å². The van der Waals surface area contributed by atoms with E-state index in [2.05, 4.69) is 10.3 Å². The lowest BCUT2D eigenvalue weighted by molar-refractivity contribution is 0.101.